The Morgan fingerprint density at radius 3 is 2.68 bits per heavy atom. The van der Waals surface area contributed by atoms with Crippen molar-refractivity contribution in [2.75, 3.05) is 13.3 Å². The second-order valence-corrected chi connectivity index (χ2v) is 5.46. The van der Waals surface area contributed by atoms with E-state index in [1.54, 1.807) is 0 Å². The molecule has 96 valence electrons. The summed E-state index contributed by atoms with van der Waals surface area (Å²) in [6, 6.07) is 15.7. The Morgan fingerprint density at radius 2 is 1.79 bits per heavy atom. The summed E-state index contributed by atoms with van der Waals surface area (Å²) in [7, 11) is 0. The van der Waals surface area contributed by atoms with E-state index >= 15 is 0 Å². The average molecular weight is 251 g/mol. The predicted molar refractivity (Wildman–Crippen MR) is 75.8 cm³/mol. The number of aliphatic hydroxyl groups is 1. The SMILES string of the molecule is OCN1CCc2cccc3c2C1Cc1ccccc1-3. The van der Waals surface area contributed by atoms with Gasteiger partial charge in [0.2, 0.25) is 0 Å². The number of fused-ring (bicyclic) bond motifs is 2. The van der Waals surface area contributed by atoms with Crippen LogP contribution in [0.5, 0.6) is 0 Å². The monoisotopic (exact) mass is 251 g/mol. The fraction of sp³-hybridized carbons (Fsp3) is 0.294. The topological polar surface area (TPSA) is 23.5 Å². The molecular formula is C17H17NO. The summed E-state index contributed by atoms with van der Waals surface area (Å²) in [6.07, 6.45) is 2.06. The Kier molecular flexibility index (Phi) is 2.47. The highest BCUT2D eigenvalue weighted by molar-refractivity contribution is 5.75. The largest absolute Gasteiger partial charge is 0.381 e. The van der Waals surface area contributed by atoms with Crippen molar-refractivity contribution < 1.29 is 5.11 Å². The molecule has 2 nitrogen and oxygen atoms in total. The first-order chi connectivity index (χ1) is 9.38. The van der Waals surface area contributed by atoms with Gasteiger partial charge >= 0.3 is 0 Å². The number of aliphatic hydroxyl groups excluding tert-OH is 1. The van der Waals surface area contributed by atoms with Crippen LogP contribution < -0.4 is 0 Å². The van der Waals surface area contributed by atoms with Crippen LogP contribution in [0.25, 0.3) is 11.1 Å². The molecule has 1 atom stereocenters. The van der Waals surface area contributed by atoms with Crippen molar-refractivity contribution in [3.8, 4) is 11.1 Å². The van der Waals surface area contributed by atoms with Gasteiger partial charge in [-0.2, -0.15) is 0 Å². The van der Waals surface area contributed by atoms with Gasteiger partial charge in [0.05, 0.1) is 6.73 Å². The van der Waals surface area contributed by atoms with E-state index in [1.807, 2.05) is 0 Å². The molecule has 2 aliphatic rings. The van der Waals surface area contributed by atoms with Crippen molar-refractivity contribution in [3.63, 3.8) is 0 Å². The number of hydrogen-bond acceptors (Lipinski definition) is 2. The summed E-state index contributed by atoms with van der Waals surface area (Å²) < 4.78 is 0. The lowest BCUT2D eigenvalue weighted by Crippen LogP contribution is -2.38. The molecule has 0 radical (unpaired) electrons. The Morgan fingerprint density at radius 1 is 1.00 bits per heavy atom. The standard InChI is InChI=1S/C17H17NO/c19-11-18-9-8-12-5-3-7-15-14-6-2-1-4-13(14)10-16(18)17(12)15/h1-7,16,19H,8-11H2. The molecule has 0 spiro atoms. The highest BCUT2D eigenvalue weighted by Gasteiger charge is 2.33. The van der Waals surface area contributed by atoms with Crippen molar-refractivity contribution in [3.05, 3.63) is 59.2 Å². The Bertz CT molecular complexity index is 635. The first-order valence-corrected chi connectivity index (χ1v) is 6.93. The average Bonchev–Trinajstić information content (AvgIpc) is 2.48. The van der Waals surface area contributed by atoms with Crippen LogP contribution in [0.4, 0.5) is 0 Å². The minimum Gasteiger partial charge on any atom is -0.381 e. The maximum atomic E-state index is 9.61. The zero-order chi connectivity index (χ0) is 12.8. The van der Waals surface area contributed by atoms with Gasteiger partial charge < -0.3 is 5.11 Å². The van der Waals surface area contributed by atoms with E-state index in [1.165, 1.54) is 27.8 Å². The van der Waals surface area contributed by atoms with Crippen LogP contribution in [-0.4, -0.2) is 23.3 Å². The molecule has 1 unspecified atom stereocenters. The molecule has 0 amide bonds. The quantitative estimate of drug-likeness (QED) is 0.842. The summed E-state index contributed by atoms with van der Waals surface area (Å²) in [5.74, 6) is 0. The van der Waals surface area contributed by atoms with E-state index in [2.05, 4.69) is 47.4 Å². The van der Waals surface area contributed by atoms with Crippen LogP contribution in [0.15, 0.2) is 42.5 Å². The number of hydrogen-bond donors (Lipinski definition) is 1. The van der Waals surface area contributed by atoms with Gasteiger partial charge in [-0.1, -0.05) is 42.5 Å². The van der Waals surface area contributed by atoms with Crippen LogP contribution in [0, 0.1) is 0 Å². The van der Waals surface area contributed by atoms with Crippen molar-refractivity contribution >= 4 is 0 Å². The third kappa shape index (κ3) is 1.57. The lowest BCUT2D eigenvalue weighted by molar-refractivity contribution is 0.0603. The molecule has 0 saturated heterocycles. The normalized spacial score (nSPS) is 20.8. The first kappa shape index (κ1) is 11.2. The van der Waals surface area contributed by atoms with Crippen molar-refractivity contribution in [2.24, 2.45) is 0 Å². The lowest BCUT2D eigenvalue weighted by atomic mass is 9.77. The maximum absolute atomic E-state index is 9.61. The zero-order valence-electron chi connectivity index (χ0n) is 10.8. The smallest absolute Gasteiger partial charge is 0.0961 e. The molecule has 19 heavy (non-hydrogen) atoms. The molecule has 1 aliphatic heterocycles. The molecule has 2 heteroatoms. The molecule has 2 aromatic rings. The van der Waals surface area contributed by atoms with E-state index < -0.39 is 0 Å². The highest BCUT2D eigenvalue weighted by Crippen LogP contribution is 2.44. The summed E-state index contributed by atoms with van der Waals surface area (Å²) in [6.45, 7) is 1.11. The third-order valence-corrected chi connectivity index (χ3v) is 4.54. The molecule has 1 heterocycles. The Hall–Kier alpha value is -1.64. The number of nitrogens with zero attached hydrogens (tertiary/aromatic N) is 1. The molecule has 0 fully saturated rings. The molecule has 1 aliphatic carbocycles. The highest BCUT2D eigenvalue weighted by atomic mass is 16.3. The van der Waals surface area contributed by atoms with Gasteiger partial charge in [-0.25, -0.2) is 0 Å². The fourth-order valence-electron chi connectivity index (χ4n) is 3.63. The van der Waals surface area contributed by atoms with E-state index in [0.717, 1.165) is 19.4 Å². The maximum Gasteiger partial charge on any atom is 0.0961 e. The van der Waals surface area contributed by atoms with E-state index in [0.29, 0.717) is 6.04 Å². The van der Waals surface area contributed by atoms with Crippen LogP contribution in [0.1, 0.15) is 22.7 Å². The van der Waals surface area contributed by atoms with Crippen LogP contribution in [0.3, 0.4) is 0 Å². The number of rotatable bonds is 1. The second-order valence-electron chi connectivity index (χ2n) is 5.46. The zero-order valence-corrected chi connectivity index (χ0v) is 10.8. The van der Waals surface area contributed by atoms with Crippen LogP contribution >= 0.6 is 0 Å². The molecule has 0 bridgehead atoms. The Balaban J connectivity index is 1.98. The van der Waals surface area contributed by atoms with Gasteiger partial charge in [0.25, 0.3) is 0 Å². The first-order valence-electron chi connectivity index (χ1n) is 6.93. The van der Waals surface area contributed by atoms with Gasteiger partial charge in [-0.05, 0) is 40.7 Å². The van der Waals surface area contributed by atoms with Gasteiger partial charge in [0.15, 0.2) is 0 Å². The minimum atomic E-state index is 0.153. The van der Waals surface area contributed by atoms with Crippen LogP contribution in [-0.2, 0) is 12.8 Å². The molecule has 0 saturated carbocycles. The van der Waals surface area contributed by atoms with E-state index in [-0.39, 0.29) is 6.73 Å². The lowest BCUT2D eigenvalue weighted by Gasteiger charge is -2.40. The fourth-order valence-corrected chi connectivity index (χ4v) is 3.63. The van der Waals surface area contributed by atoms with Gasteiger partial charge in [-0.15, -0.1) is 0 Å². The van der Waals surface area contributed by atoms with E-state index in [4.69, 9.17) is 0 Å². The van der Waals surface area contributed by atoms with E-state index in [9.17, 15) is 5.11 Å². The molecule has 1 N–H and O–H groups in total. The summed E-state index contributed by atoms with van der Waals surface area (Å²) >= 11 is 0. The van der Waals surface area contributed by atoms with Crippen molar-refractivity contribution in [2.45, 2.75) is 18.9 Å². The summed E-state index contributed by atoms with van der Waals surface area (Å²) in [5.41, 5.74) is 7.04. The van der Waals surface area contributed by atoms with Crippen molar-refractivity contribution in [1.29, 1.82) is 0 Å². The van der Waals surface area contributed by atoms with Gasteiger partial charge in [-0.3, -0.25) is 4.90 Å². The van der Waals surface area contributed by atoms with Crippen LogP contribution in [0.2, 0.25) is 0 Å². The molecule has 4 rings (SSSR count). The van der Waals surface area contributed by atoms with Gasteiger partial charge in [0.1, 0.15) is 0 Å². The second kappa shape index (κ2) is 4.19. The molecular weight excluding hydrogens is 234 g/mol. The van der Waals surface area contributed by atoms with Gasteiger partial charge in [0, 0.05) is 12.6 Å². The number of benzene rings is 2. The third-order valence-electron chi connectivity index (χ3n) is 4.54. The van der Waals surface area contributed by atoms with Crippen molar-refractivity contribution in [1.82, 2.24) is 4.90 Å². The summed E-state index contributed by atoms with van der Waals surface area (Å²) in [4.78, 5) is 2.20. The predicted octanol–water partition coefficient (Wildman–Crippen LogP) is 2.76. The summed E-state index contributed by atoms with van der Waals surface area (Å²) in [5, 5.41) is 9.61. The Labute approximate surface area is 113 Å². The minimum absolute atomic E-state index is 0.153. The molecule has 2 aromatic carbocycles. The molecule has 0 aromatic heterocycles.